The van der Waals surface area contributed by atoms with Crippen LogP contribution < -0.4 is 9.47 Å². The molecule has 0 bridgehead atoms. The van der Waals surface area contributed by atoms with Crippen LogP contribution in [0.25, 0.3) is 4.96 Å². The molecule has 0 amide bonds. The van der Waals surface area contributed by atoms with Gasteiger partial charge in [0.05, 0.1) is 0 Å². The topological polar surface area (TPSA) is 61.5 Å². The van der Waals surface area contributed by atoms with Crippen LogP contribution in [0.3, 0.4) is 0 Å². The van der Waals surface area contributed by atoms with E-state index >= 15 is 0 Å². The molecule has 7 heteroatoms. The van der Waals surface area contributed by atoms with Crippen molar-refractivity contribution in [3.63, 3.8) is 0 Å². The first-order valence-electron chi connectivity index (χ1n) is 5.45. The molecule has 3 aromatic rings. The van der Waals surface area contributed by atoms with Crippen molar-refractivity contribution >= 4 is 16.3 Å². The maximum Gasteiger partial charge on any atom is 0.234 e. The molecule has 90 valence electrons. The zero-order chi connectivity index (χ0) is 11.9. The second-order valence-corrected chi connectivity index (χ2v) is 4.67. The Kier molecular flexibility index (Phi) is 2.01. The molecule has 18 heavy (non-hydrogen) atoms. The van der Waals surface area contributed by atoms with Crippen LogP contribution in [0.4, 0.5) is 0 Å². The lowest BCUT2D eigenvalue weighted by molar-refractivity contribution is 0.0836. The van der Waals surface area contributed by atoms with Gasteiger partial charge in [0.15, 0.2) is 23.4 Å². The van der Waals surface area contributed by atoms with Crippen molar-refractivity contribution in [3.8, 4) is 11.5 Å². The molecular formula is C11H8N4O2S. The van der Waals surface area contributed by atoms with Crippen LogP contribution in [0.1, 0.15) is 11.9 Å². The van der Waals surface area contributed by atoms with Crippen LogP contribution in [0.2, 0.25) is 0 Å². The van der Waals surface area contributed by atoms with Crippen molar-refractivity contribution in [2.45, 2.75) is 6.10 Å². The van der Waals surface area contributed by atoms with Gasteiger partial charge in [-0.3, -0.25) is 0 Å². The van der Waals surface area contributed by atoms with E-state index in [1.165, 1.54) is 11.3 Å². The summed E-state index contributed by atoms with van der Waals surface area (Å²) in [6.45, 7) is 0.412. The summed E-state index contributed by atoms with van der Waals surface area (Å²) >= 11 is 1.44. The highest BCUT2D eigenvalue weighted by Crippen LogP contribution is 2.35. The summed E-state index contributed by atoms with van der Waals surface area (Å²) in [6, 6.07) is 7.58. The molecule has 6 nitrogen and oxygen atoms in total. The van der Waals surface area contributed by atoms with Crippen LogP contribution in [0.15, 0.2) is 29.8 Å². The first-order valence-corrected chi connectivity index (χ1v) is 6.33. The van der Waals surface area contributed by atoms with E-state index in [4.69, 9.17) is 9.47 Å². The molecule has 0 saturated heterocycles. The summed E-state index contributed by atoms with van der Waals surface area (Å²) in [6.07, 6.45) is -0.281. The van der Waals surface area contributed by atoms with Gasteiger partial charge in [-0.05, 0) is 12.1 Å². The largest absolute Gasteiger partial charge is 0.485 e. The molecular weight excluding hydrogens is 252 g/mol. The summed E-state index contributed by atoms with van der Waals surface area (Å²) in [7, 11) is 0. The van der Waals surface area contributed by atoms with Crippen molar-refractivity contribution < 1.29 is 9.47 Å². The summed E-state index contributed by atoms with van der Waals surface area (Å²) < 4.78 is 13.2. The number of hydrogen-bond donors (Lipinski definition) is 0. The molecule has 0 spiro atoms. The van der Waals surface area contributed by atoms with E-state index in [-0.39, 0.29) is 6.10 Å². The molecule has 0 saturated carbocycles. The average molecular weight is 260 g/mol. The molecule has 0 aliphatic carbocycles. The second kappa shape index (κ2) is 3.67. The van der Waals surface area contributed by atoms with E-state index in [9.17, 15) is 0 Å². The van der Waals surface area contributed by atoms with Crippen LogP contribution in [-0.2, 0) is 0 Å². The number of hydrogen-bond acceptors (Lipinski definition) is 6. The second-order valence-electron chi connectivity index (χ2n) is 3.86. The fourth-order valence-corrected chi connectivity index (χ4v) is 2.49. The van der Waals surface area contributed by atoms with Gasteiger partial charge in [-0.2, -0.15) is 9.61 Å². The lowest BCUT2D eigenvalue weighted by atomic mass is 10.2. The minimum atomic E-state index is -0.281. The van der Waals surface area contributed by atoms with Crippen molar-refractivity contribution in [2.24, 2.45) is 0 Å². The van der Waals surface area contributed by atoms with E-state index < -0.39 is 0 Å². The van der Waals surface area contributed by atoms with Gasteiger partial charge in [-0.15, -0.1) is 10.2 Å². The maximum atomic E-state index is 5.87. The Balaban J connectivity index is 1.74. The van der Waals surface area contributed by atoms with Gasteiger partial charge in [0.1, 0.15) is 12.1 Å². The first kappa shape index (κ1) is 9.84. The number of benzene rings is 1. The summed E-state index contributed by atoms with van der Waals surface area (Å²) in [5, 5.41) is 12.3. The number of nitrogens with zero attached hydrogens (tertiary/aromatic N) is 4. The number of rotatable bonds is 1. The van der Waals surface area contributed by atoms with E-state index in [1.54, 1.807) is 10.0 Å². The zero-order valence-corrected chi connectivity index (χ0v) is 10.0. The quantitative estimate of drug-likeness (QED) is 0.666. The number of aromatic nitrogens is 4. The van der Waals surface area contributed by atoms with Crippen LogP contribution >= 0.6 is 11.3 Å². The van der Waals surface area contributed by atoms with Crippen molar-refractivity contribution in [1.29, 1.82) is 0 Å². The number of para-hydroxylation sites is 2. The predicted octanol–water partition coefficient (Wildman–Crippen LogP) is 1.70. The summed E-state index contributed by atoms with van der Waals surface area (Å²) in [5.74, 6) is 2.15. The Morgan fingerprint density at radius 1 is 1.22 bits per heavy atom. The van der Waals surface area contributed by atoms with Gasteiger partial charge in [0.2, 0.25) is 4.96 Å². The molecule has 4 rings (SSSR count). The molecule has 0 unspecified atom stereocenters. The lowest BCUT2D eigenvalue weighted by Gasteiger charge is -2.24. The van der Waals surface area contributed by atoms with E-state index in [2.05, 4.69) is 15.3 Å². The molecule has 0 radical (unpaired) electrons. The van der Waals surface area contributed by atoms with E-state index in [0.29, 0.717) is 12.4 Å². The van der Waals surface area contributed by atoms with Crippen LogP contribution in [-0.4, -0.2) is 26.4 Å². The Bertz CT molecular complexity index is 708. The van der Waals surface area contributed by atoms with Crippen LogP contribution in [0.5, 0.6) is 11.5 Å². The van der Waals surface area contributed by atoms with Crippen molar-refractivity contribution in [1.82, 2.24) is 19.8 Å². The van der Waals surface area contributed by atoms with Crippen molar-refractivity contribution in [2.75, 3.05) is 6.61 Å². The third-order valence-electron chi connectivity index (χ3n) is 2.75. The average Bonchev–Trinajstić information content (AvgIpc) is 3.00. The zero-order valence-electron chi connectivity index (χ0n) is 9.18. The fraction of sp³-hybridized carbons (Fsp3) is 0.182. The summed E-state index contributed by atoms with van der Waals surface area (Å²) in [4.78, 5) is 0.757. The highest BCUT2D eigenvalue weighted by Gasteiger charge is 2.27. The molecule has 1 aliphatic heterocycles. The minimum Gasteiger partial charge on any atom is -0.485 e. The molecule has 2 aromatic heterocycles. The number of fused-ring (bicyclic) bond motifs is 2. The summed E-state index contributed by atoms with van der Waals surface area (Å²) in [5.41, 5.74) is 1.73. The molecule has 0 fully saturated rings. The number of ether oxygens (including phenoxy) is 2. The Labute approximate surface area is 106 Å². The molecule has 0 N–H and O–H groups in total. The molecule has 1 aliphatic rings. The van der Waals surface area contributed by atoms with Gasteiger partial charge in [0.25, 0.3) is 0 Å². The Morgan fingerprint density at radius 2 is 2.11 bits per heavy atom. The minimum absolute atomic E-state index is 0.281. The normalized spacial score (nSPS) is 18.1. The Morgan fingerprint density at radius 3 is 3.06 bits per heavy atom. The van der Waals surface area contributed by atoms with E-state index in [1.807, 2.05) is 24.3 Å². The van der Waals surface area contributed by atoms with Crippen molar-refractivity contribution in [3.05, 3.63) is 35.6 Å². The molecule has 3 heterocycles. The lowest BCUT2D eigenvalue weighted by Crippen LogP contribution is -2.23. The highest BCUT2D eigenvalue weighted by atomic mass is 32.1. The Hall–Kier alpha value is -2.15. The van der Waals surface area contributed by atoms with Gasteiger partial charge < -0.3 is 9.47 Å². The SMILES string of the molecule is c1ccc2c(c1)OC[C@H](c1nnc3scnn13)O2. The van der Waals surface area contributed by atoms with E-state index in [0.717, 1.165) is 16.5 Å². The fourth-order valence-electron chi connectivity index (χ4n) is 1.92. The van der Waals surface area contributed by atoms with Gasteiger partial charge in [-0.25, -0.2) is 0 Å². The first-order chi connectivity index (χ1) is 8.92. The molecule has 1 atom stereocenters. The monoisotopic (exact) mass is 260 g/mol. The predicted molar refractivity (Wildman–Crippen MR) is 64.0 cm³/mol. The third kappa shape index (κ3) is 1.37. The standard InChI is InChI=1S/C11H8N4O2S/c1-2-4-8-7(3-1)16-5-9(17-8)10-13-14-11-15(10)12-6-18-11/h1-4,6,9H,5H2/t9-/m1/s1. The van der Waals surface area contributed by atoms with Gasteiger partial charge in [0, 0.05) is 0 Å². The molecule has 1 aromatic carbocycles. The van der Waals surface area contributed by atoms with Gasteiger partial charge >= 0.3 is 0 Å². The smallest absolute Gasteiger partial charge is 0.234 e. The highest BCUT2D eigenvalue weighted by molar-refractivity contribution is 7.14. The van der Waals surface area contributed by atoms with Crippen LogP contribution in [0, 0.1) is 0 Å². The van der Waals surface area contributed by atoms with Gasteiger partial charge in [-0.1, -0.05) is 23.5 Å². The maximum absolute atomic E-state index is 5.87. The third-order valence-corrected chi connectivity index (χ3v) is 3.42.